The first kappa shape index (κ1) is 24.7. The molecule has 0 saturated carbocycles. The Balaban J connectivity index is 2.30. The summed E-state index contributed by atoms with van der Waals surface area (Å²) in [5.74, 6) is -3.04. The van der Waals surface area contributed by atoms with Gasteiger partial charge in [-0.3, -0.25) is 9.10 Å². The number of benzene rings is 2. The molecule has 2 atom stereocenters. The van der Waals surface area contributed by atoms with Crippen LogP contribution in [0.15, 0.2) is 47.4 Å². The van der Waals surface area contributed by atoms with Crippen molar-refractivity contribution < 1.29 is 30.4 Å². The molecule has 2 aromatic rings. The average molecular weight is 475 g/mol. The minimum atomic E-state index is -4.00. The summed E-state index contributed by atoms with van der Waals surface area (Å²) < 4.78 is 75.5. The lowest BCUT2D eigenvalue weighted by Gasteiger charge is -2.30. The number of halogens is 2. The predicted molar refractivity (Wildman–Crippen MR) is 114 cm³/mol. The molecule has 0 aliphatic rings. The Morgan fingerprint density at radius 3 is 2.03 bits per heavy atom. The number of nitrogens with zero attached hydrogens (tertiary/aromatic N) is 1. The van der Waals surface area contributed by atoms with Gasteiger partial charge < -0.3 is 5.32 Å². The number of hydrogen-bond acceptors (Lipinski definition) is 5. The van der Waals surface area contributed by atoms with Gasteiger partial charge in [0.05, 0.1) is 22.9 Å². The lowest BCUT2D eigenvalue weighted by Crippen LogP contribution is -2.48. The molecular weight excluding hydrogens is 450 g/mol. The van der Waals surface area contributed by atoms with Gasteiger partial charge in [0.15, 0.2) is 21.5 Å². The summed E-state index contributed by atoms with van der Waals surface area (Å²) in [6.45, 7) is 3.13. The van der Waals surface area contributed by atoms with Crippen molar-refractivity contribution in [2.24, 2.45) is 0 Å². The second-order valence-corrected chi connectivity index (χ2v) is 11.0. The minimum absolute atomic E-state index is 0.132. The van der Waals surface area contributed by atoms with Gasteiger partial charge in [0, 0.05) is 12.3 Å². The van der Waals surface area contributed by atoms with E-state index in [1.165, 1.54) is 19.1 Å². The molecule has 2 aromatic carbocycles. The number of carbonyl (C=O) groups is 1. The maximum absolute atomic E-state index is 13.7. The van der Waals surface area contributed by atoms with Gasteiger partial charge in [-0.2, -0.15) is 0 Å². The number of hydrogen-bond donors (Lipinski definition) is 1. The van der Waals surface area contributed by atoms with E-state index in [2.05, 4.69) is 5.32 Å². The maximum Gasteiger partial charge on any atom is 0.244 e. The van der Waals surface area contributed by atoms with E-state index < -0.39 is 49.5 Å². The number of sulfone groups is 1. The summed E-state index contributed by atoms with van der Waals surface area (Å²) in [7, 11) is -7.38. The molecule has 2 rings (SSSR count). The average Bonchev–Trinajstić information content (AvgIpc) is 2.67. The first-order chi connectivity index (χ1) is 14.3. The molecule has 11 heteroatoms. The molecule has 0 saturated heterocycles. The topological polar surface area (TPSA) is 101 Å². The Hall–Kier alpha value is -2.53. The predicted octanol–water partition coefficient (Wildman–Crippen LogP) is 2.79. The zero-order valence-corrected chi connectivity index (χ0v) is 19.1. The van der Waals surface area contributed by atoms with Gasteiger partial charge in [0.1, 0.15) is 6.04 Å². The second-order valence-electron chi connectivity index (χ2n) is 7.14. The second kappa shape index (κ2) is 9.31. The van der Waals surface area contributed by atoms with Crippen LogP contribution in [-0.4, -0.2) is 41.3 Å². The summed E-state index contributed by atoms with van der Waals surface area (Å²) in [5, 5.41) is 2.73. The monoisotopic (exact) mass is 474 g/mol. The van der Waals surface area contributed by atoms with E-state index in [0.717, 1.165) is 24.6 Å². The molecule has 1 amide bonds. The van der Waals surface area contributed by atoms with E-state index in [1.807, 2.05) is 0 Å². The Bertz CT molecular complexity index is 1170. The molecule has 0 unspecified atom stereocenters. The van der Waals surface area contributed by atoms with Crippen molar-refractivity contribution in [1.82, 2.24) is 5.32 Å². The molecule has 0 heterocycles. The normalized spacial score (nSPS) is 14.0. The lowest BCUT2D eigenvalue weighted by molar-refractivity contribution is -0.122. The van der Waals surface area contributed by atoms with Crippen molar-refractivity contribution >= 4 is 31.5 Å². The Morgan fingerprint density at radius 1 is 1.00 bits per heavy atom. The van der Waals surface area contributed by atoms with Gasteiger partial charge in [0.25, 0.3) is 0 Å². The molecule has 0 fully saturated rings. The van der Waals surface area contributed by atoms with Crippen molar-refractivity contribution in [2.45, 2.75) is 37.2 Å². The van der Waals surface area contributed by atoms with E-state index in [1.54, 1.807) is 19.1 Å². The van der Waals surface area contributed by atoms with Gasteiger partial charge in [-0.15, -0.1) is 0 Å². The van der Waals surface area contributed by atoms with Gasteiger partial charge in [0.2, 0.25) is 15.9 Å². The number of carbonyl (C=O) groups excluding carboxylic acids is 1. The van der Waals surface area contributed by atoms with Gasteiger partial charge >= 0.3 is 0 Å². The minimum Gasteiger partial charge on any atom is -0.347 e. The van der Waals surface area contributed by atoms with Crippen molar-refractivity contribution in [3.8, 4) is 0 Å². The van der Waals surface area contributed by atoms with E-state index in [9.17, 15) is 30.4 Å². The van der Waals surface area contributed by atoms with E-state index in [-0.39, 0.29) is 10.6 Å². The highest BCUT2D eigenvalue weighted by Crippen LogP contribution is 2.24. The van der Waals surface area contributed by atoms with Crippen LogP contribution in [-0.2, 0) is 24.7 Å². The van der Waals surface area contributed by atoms with Crippen LogP contribution < -0.4 is 9.62 Å². The van der Waals surface area contributed by atoms with Gasteiger partial charge in [-0.25, -0.2) is 25.6 Å². The van der Waals surface area contributed by atoms with Crippen LogP contribution in [0.1, 0.15) is 31.9 Å². The highest BCUT2D eigenvalue weighted by Gasteiger charge is 2.31. The molecule has 31 heavy (non-hydrogen) atoms. The molecule has 0 spiro atoms. The van der Waals surface area contributed by atoms with Crippen molar-refractivity contribution in [1.29, 1.82) is 0 Å². The number of nitrogens with one attached hydrogen (secondary N) is 1. The van der Waals surface area contributed by atoms with Crippen LogP contribution in [0.25, 0.3) is 0 Å². The molecule has 7 nitrogen and oxygen atoms in total. The largest absolute Gasteiger partial charge is 0.347 e. The summed E-state index contributed by atoms with van der Waals surface area (Å²) in [6, 6.07) is 6.77. The fourth-order valence-electron chi connectivity index (χ4n) is 3.09. The molecule has 0 aliphatic carbocycles. The third-order valence-electron chi connectivity index (χ3n) is 4.68. The van der Waals surface area contributed by atoms with Crippen LogP contribution in [0.3, 0.4) is 0 Å². The molecule has 0 aromatic heterocycles. The van der Waals surface area contributed by atoms with Crippen LogP contribution in [0.4, 0.5) is 14.5 Å². The lowest BCUT2D eigenvalue weighted by atomic mass is 10.0. The third kappa shape index (κ3) is 6.01. The molecule has 170 valence electrons. The standard InChI is InChI=1S/C20H24F2N2O5S2/c1-5-19(14-6-9-16(10-7-14)30(3,26)27)23-20(25)13(2)24(31(4,28)29)15-8-11-17(21)18(22)12-15/h6-13,19H,5H2,1-4H3,(H,23,25)/t13-,19-/m0/s1. The SMILES string of the molecule is CC[C@H](NC(=O)[C@H](C)N(c1ccc(F)c(F)c1)S(C)(=O)=O)c1ccc(S(C)(=O)=O)cc1. The molecule has 1 N–H and O–H groups in total. The Labute approximate surface area is 181 Å². The summed E-state index contributed by atoms with van der Waals surface area (Å²) in [5.41, 5.74) is 0.448. The van der Waals surface area contributed by atoms with Crippen LogP contribution in [0.2, 0.25) is 0 Å². The van der Waals surface area contributed by atoms with Gasteiger partial charge in [-0.05, 0) is 43.2 Å². The van der Waals surface area contributed by atoms with Crippen molar-refractivity contribution in [2.75, 3.05) is 16.8 Å². The molecular formula is C20H24F2N2O5S2. The highest BCUT2D eigenvalue weighted by atomic mass is 32.2. The molecule has 0 radical (unpaired) electrons. The molecule has 0 bridgehead atoms. The fraction of sp³-hybridized carbons (Fsp3) is 0.350. The van der Waals surface area contributed by atoms with E-state index in [4.69, 9.17) is 0 Å². The van der Waals surface area contributed by atoms with E-state index >= 15 is 0 Å². The number of sulfonamides is 1. The smallest absolute Gasteiger partial charge is 0.244 e. The van der Waals surface area contributed by atoms with Crippen LogP contribution in [0, 0.1) is 11.6 Å². The van der Waals surface area contributed by atoms with Crippen LogP contribution >= 0.6 is 0 Å². The third-order valence-corrected chi connectivity index (χ3v) is 7.05. The molecule has 0 aliphatic heterocycles. The Morgan fingerprint density at radius 2 is 1.58 bits per heavy atom. The maximum atomic E-state index is 13.7. The number of amides is 1. The summed E-state index contributed by atoms with van der Waals surface area (Å²) in [4.78, 5) is 13.0. The number of anilines is 1. The first-order valence-corrected chi connectivity index (χ1v) is 13.0. The zero-order chi connectivity index (χ0) is 23.6. The number of rotatable bonds is 8. The van der Waals surface area contributed by atoms with E-state index in [0.29, 0.717) is 22.4 Å². The first-order valence-electron chi connectivity index (χ1n) is 9.30. The summed E-state index contributed by atoms with van der Waals surface area (Å²) in [6.07, 6.45) is 2.39. The zero-order valence-electron chi connectivity index (χ0n) is 17.5. The summed E-state index contributed by atoms with van der Waals surface area (Å²) >= 11 is 0. The Kier molecular flexibility index (Phi) is 7.43. The highest BCUT2D eigenvalue weighted by molar-refractivity contribution is 7.92. The quantitative estimate of drug-likeness (QED) is 0.634. The van der Waals surface area contributed by atoms with Crippen molar-refractivity contribution in [3.05, 3.63) is 59.7 Å². The van der Waals surface area contributed by atoms with Crippen molar-refractivity contribution in [3.63, 3.8) is 0 Å². The fourth-order valence-corrected chi connectivity index (χ4v) is 4.89. The van der Waals surface area contributed by atoms with Crippen LogP contribution in [0.5, 0.6) is 0 Å². The van der Waals surface area contributed by atoms with Gasteiger partial charge in [-0.1, -0.05) is 19.1 Å².